The summed E-state index contributed by atoms with van der Waals surface area (Å²) >= 11 is 0. The highest BCUT2D eigenvalue weighted by molar-refractivity contribution is 5.77. The number of hydrogen-bond donors (Lipinski definition) is 1. The van der Waals surface area contributed by atoms with E-state index in [4.69, 9.17) is 4.74 Å². The van der Waals surface area contributed by atoms with E-state index >= 15 is 0 Å². The predicted octanol–water partition coefficient (Wildman–Crippen LogP) is 7.07. The Bertz CT molecular complexity index is 821. The molecule has 5 fully saturated rings. The number of likely N-dealkylation sites (N-methyl/N-ethyl adjacent to an activating group) is 1. The fourth-order valence-electron chi connectivity index (χ4n) is 11.0. The first-order valence-electron chi connectivity index (χ1n) is 16.7. The molecule has 0 spiro atoms. The summed E-state index contributed by atoms with van der Waals surface area (Å²) < 4.78 is 6.37. The molecule has 0 radical (unpaired) electrons. The van der Waals surface area contributed by atoms with Crippen LogP contribution in [0.15, 0.2) is 0 Å². The Morgan fingerprint density at radius 3 is 2.37 bits per heavy atom. The third kappa shape index (κ3) is 5.61. The maximum absolute atomic E-state index is 13.0. The molecular weight excluding hydrogens is 468 g/mol. The number of nitrogens with zero attached hydrogens (tertiary/aromatic N) is 1. The predicted molar refractivity (Wildman–Crippen MR) is 157 cm³/mol. The van der Waals surface area contributed by atoms with E-state index in [1.165, 1.54) is 77.0 Å². The summed E-state index contributed by atoms with van der Waals surface area (Å²) in [6.45, 7) is 16.9. The van der Waals surface area contributed by atoms with Crippen LogP contribution < -0.4 is 5.32 Å². The number of hydrogen-bond acceptors (Lipinski definition) is 2. The summed E-state index contributed by atoms with van der Waals surface area (Å²) in [4.78, 5) is 13.0. The first-order chi connectivity index (χ1) is 18.0. The Labute approximate surface area is 235 Å². The van der Waals surface area contributed by atoms with E-state index in [2.05, 4.69) is 47.0 Å². The van der Waals surface area contributed by atoms with Gasteiger partial charge in [0, 0.05) is 6.04 Å². The fraction of sp³-hybridized carbons (Fsp3) is 0.971. The number of nitrogens with one attached hydrogen (secondary N) is 1. The number of fused-ring (bicyclic) bond motifs is 5. The molecule has 1 amide bonds. The zero-order chi connectivity index (χ0) is 27.1. The van der Waals surface area contributed by atoms with Gasteiger partial charge in [0.1, 0.15) is 13.1 Å². The number of quaternary nitrogens is 1. The molecule has 0 aromatic heterocycles. The normalized spacial score (nSPS) is 43.1. The standard InChI is InChI=1S/C34H60N2O2/c1-24(2)8-7-9-25(3)29-12-13-30-28-11-10-26-22-27(35-32(37)23-36(6)18-20-38-21-19-36)14-16-33(26,4)31(28)15-17-34(29,30)5/h24-31H,7-23H2,1-6H3/p+1/t25-,26-,27-,28-,29+,30-,31-,33-,34+/m0/s1. The van der Waals surface area contributed by atoms with E-state index in [0.29, 0.717) is 23.4 Å². The Hall–Kier alpha value is -0.610. The van der Waals surface area contributed by atoms with Gasteiger partial charge in [-0.3, -0.25) is 4.79 Å². The second-order valence-electron chi connectivity index (χ2n) is 16.1. The van der Waals surface area contributed by atoms with Gasteiger partial charge in [-0.1, -0.05) is 53.9 Å². The summed E-state index contributed by atoms with van der Waals surface area (Å²) in [7, 11) is 2.22. The van der Waals surface area contributed by atoms with Gasteiger partial charge in [-0.05, 0) is 110 Å². The SMILES string of the molecule is CC(C)CCC[C@H](C)[C@H]1CC[C@H]2[C@@H]3CC[C@H]4C[C@@H](NC(=O)C[N+]5(C)CCOCC5)CC[C@]4(C)[C@H]3CC[C@]12C. The van der Waals surface area contributed by atoms with Gasteiger partial charge < -0.3 is 14.5 Å². The average Bonchev–Trinajstić information content (AvgIpc) is 3.21. The Kier molecular flexibility index (Phi) is 8.63. The smallest absolute Gasteiger partial charge is 0.275 e. The van der Waals surface area contributed by atoms with Crippen molar-refractivity contribution in [2.24, 2.45) is 52.3 Å². The van der Waals surface area contributed by atoms with E-state index < -0.39 is 0 Å². The van der Waals surface area contributed by atoms with Crippen LogP contribution in [0.25, 0.3) is 0 Å². The van der Waals surface area contributed by atoms with Crippen molar-refractivity contribution in [2.75, 3.05) is 39.9 Å². The Morgan fingerprint density at radius 2 is 1.63 bits per heavy atom. The molecule has 0 aromatic carbocycles. The average molecular weight is 530 g/mol. The van der Waals surface area contributed by atoms with Crippen LogP contribution in [0.2, 0.25) is 0 Å². The molecule has 4 saturated carbocycles. The molecular formula is C34H61N2O2+. The highest BCUT2D eigenvalue weighted by atomic mass is 16.5. The lowest BCUT2D eigenvalue weighted by atomic mass is 9.44. The number of rotatable bonds is 8. The molecule has 5 aliphatic rings. The maximum atomic E-state index is 13.0. The molecule has 38 heavy (non-hydrogen) atoms. The molecule has 0 aromatic rings. The van der Waals surface area contributed by atoms with Crippen LogP contribution in [0.5, 0.6) is 0 Å². The van der Waals surface area contributed by atoms with Crippen molar-refractivity contribution in [2.45, 2.75) is 118 Å². The van der Waals surface area contributed by atoms with Crippen LogP contribution in [-0.2, 0) is 9.53 Å². The molecule has 1 aliphatic heterocycles. The van der Waals surface area contributed by atoms with Gasteiger partial charge in [-0.15, -0.1) is 0 Å². The Morgan fingerprint density at radius 1 is 0.921 bits per heavy atom. The lowest BCUT2D eigenvalue weighted by molar-refractivity contribution is -0.909. The van der Waals surface area contributed by atoms with Crippen molar-refractivity contribution in [1.82, 2.24) is 5.32 Å². The number of carbonyl (C=O) groups is 1. The number of carbonyl (C=O) groups excluding carboxylic acids is 1. The minimum absolute atomic E-state index is 0.268. The summed E-state index contributed by atoms with van der Waals surface area (Å²) in [5.41, 5.74) is 1.08. The largest absolute Gasteiger partial charge is 0.370 e. The summed E-state index contributed by atoms with van der Waals surface area (Å²) in [6, 6.07) is 0.390. The quantitative estimate of drug-likeness (QED) is 0.342. The summed E-state index contributed by atoms with van der Waals surface area (Å²) in [5, 5.41) is 3.50. The van der Waals surface area contributed by atoms with E-state index in [0.717, 1.165) is 72.2 Å². The van der Waals surface area contributed by atoms with Crippen molar-refractivity contribution in [3.63, 3.8) is 0 Å². The minimum Gasteiger partial charge on any atom is -0.370 e. The van der Waals surface area contributed by atoms with Gasteiger partial charge in [-0.2, -0.15) is 0 Å². The lowest BCUT2D eigenvalue weighted by Crippen LogP contribution is -2.58. The van der Waals surface area contributed by atoms with Crippen molar-refractivity contribution in [3.8, 4) is 0 Å². The number of amides is 1. The van der Waals surface area contributed by atoms with Crippen LogP contribution in [0.3, 0.4) is 0 Å². The van der Waals surface area contributed by atoms with Gasteiger partial charge in [0.05, 0.1) is 20.3 Å². The molecule has 0 unspecified atom stereocenters. The highest BCUT2D eigenvalue weighted by Crippen LogP contribution is 2.68. The first-order valence-corrected chi connectivity index (χ1v) is 16.7. The summed E-state index contributed by atoms with van der Waals surface area (Å²) in [5.74, 6) is 6.60. The molecule has 4 nitrogen and oxygen atoms in total. The van der Waals surface area contributed by atoms with E-state index in [1.54, 1.807) is 0 Å². The first kappa shape index (κ1) is 28.9. The second kappa shape index (κ2) is 11.3. The molecule has 218 valence electrons. The number of ether oxygens (including phenoxy) is 1. The molecule has 0 bridgehead atoms. The van der Waals surface area contributed by atoms with Crippen molar-refractivity contribution in [1.29, 1.82) is 0 Å². The van der Waals surface area contributed by atoms with Crippen LogP contribution in [0, 0.1) is 52.3 Å². The summed E-state index contributed by atoms with van der Waals surface area (Å²) in [6.07, 6.45) is 16.8. The zero-order valence-electron chi connectivity index (χ0n) is 25.9. The molecule has 1 saturated heterocycles. The molecule has 1 N–H and O–H groups in total. The monoisotopic (exact) mass is 529 g/mol. The van der Waals surface area contributed by atoms with Crippen molar-refractivity contribution < 1.29 is 14.0 Å². The molecule has 9 atom stereocenters. The number of morpholine rings is 1. The molecule has 5 rings (SSSR count). The van der Waals surface area contributed by atoms with Gasteiger partial charge in [-0.25, -0.2) is 0 Å². The third-order valence-corrected chi connectivity index (χ3v) is 13.3. The molecule has 4 aliphatic carbocycles. The Balaban J connectivity index is 1.18. The van der Waals surface area contributed by atoms with E-state index in [1.807, 2.05) is 0 Å². The van der Waals surface area contributed by atoms with Crippen LogP contribution >= 0.6 is 0 Å². The topological polar surface area (TPSA) is 38.3 Å². The fourth-order valence-corrected chi connectivity index (χ4v) is 11.0. The molecule has 4 heteroatoms. The lowest BCUT2D eigenvalue weighted by Gasteiger charge is -2.61. The van der Waals surface area contributed by atoms with Crippen LogP contribution in [0.1, 0.15) is 112 Å². The van der Waals surface area contributed by atoms with E-state index in [9.17, 15) is 4.79 Å². The van der Waals surface area contributed by atoms with Gasteiger partial charge in [0.15, 0.2) is 6.54 Å². The van der Waals surface area contributed by atoms with Crippen LogP contribution in [0.4, 0.5) is 0 Å². The van der Waals surface area contributed by atoms with Gasteiger partial charge in [0.2, 0.25) is 0 Å². The minimum atomic E-state index is 0.268. The zero-order valence-corrected chi connectivity index (χ0v) is 25.9. The van der Waals surface area contributed by atoms with Gasteiger partial charge >= 0.3 is 0 Å². The third-order valence-electron chi connectivity index (χ3n) is 13.3. The van der Waals surface area contributed by atoms with Crippen molar-refractivity contribution >= 4 is 5.91 Å². The second-order valence-corrected chi connectivity index (χ2v) is 16.1. The maximum Gasteiger partial charge on any atom is 0.275 e. The van der Waals surface area contributed by atoms with Gasteiger partial charge in [0.25, 0.3) is 5.91 Å². The van der Waals surface area contributed by atoms with Crippen LogP contribution in [-0.4, -0.2) is 56.3 Å². The molecule has 1 heterocycles. The van der Waals surface area contributed by atoms with Crippen molar-refractivity contribution in [3.05, 3.63) is 0 Å². The highest BCUT2D eigenvalue weighted by Gasteiger charge is 2.60. The van der Waals surface area contributed by atoms with E-state index in [-0.39, 0.29) is 5.91 Å².